The summed E-state index contributed by atoms with van der Waals surface area (Å²) in [6.45, 7) is 6.02. The van der Waals surface area contributed by atoms with Gasteiger partial charge in [0.2, 0.25) is 11.8 Å². The normalized spacial score (nSPS) is 11.7. The van der Waals surface area contributed by atoms with Crippen molar-refractivity contribution in [2.75, 3.05) is 25.5 Å². The first kappa shape index (κ1) is 20.9. The van der Waals surface area contributed by atoms with Gasteiger partial charge in [-0.2, -0.15) is 0 Å². The number of likely N-dealkylation sites (N-methyl/N-ethyl adjacent to an activating group) is 1. The Kier molecular flexibility index (Phi) is 7.39. The average molecular weight is 388 g/mol. The minimum absolute atomic E-state index is 0.00283. The first-order valence-corrected chi connectivity index (χ1v) is 9.24. The van der Waals surface area contributed by atoms with Crippen LogP contribution >= 0.6 is 11.6 Å². The molecule has 2 N–H and O–H groups in total. The Morgan fingerprint density at radius 1 is 1.07 bits per heavy atom. The van der Waals surface area contributed by atoms with Crippen LogP contribution in [0.25, 0.3) is 0 Å². The van der Waals surface area contributed by atoms with Gasteiger partial charge in [-0.15, -0.1) is 0 Å². The monoisotopic (exact) mass is 387 g/mol. The summed E-state index contributed by atoms with van der Waals surface area (Å²) >= 11 is 5.89. The van der Waals surface area contributed by atoms with Crippen LogP contribution in [-0.2, 0) is 9.59 Å². The third kappa shape index (κ3) is 6.08. The summed E-state index contributed by atoms with van der Waals surface area (Å²) in [7, 11) is 1.63. The number of aryl methyl sites for hydroxylation is 2. The molecule has 2 aromatic rings. The molecule has 0 aromatic heterocycles. The van der Waals surface area contributed by atoms with Gasteiger partial charge in [0.15, 0.2) is 0 Å². The number of rotatable bonds is 7. The third-order valence-corrected chi connectivity index (χ3v) is 4.73. The Morgan fingerprint density at radius 3 is 2.26 bits per heavy atom. The zero-order valence-corrected chi connectivity index (χ0v) is 16.9. The number of benzene rings is 2. The highest BCUT2D eigenvalue weighted by atomic mass is 35.5. The second-order valence-electron chi connectivity index (χ2n) is 6.72. The van der Waals surface area contributed by atoms with Crippen LogP contribution in [0, 0.1) is 13.8 Å². The number of carbonyl (C=O) groups excluding carboxylic acids is 2. The number of anilines is 1. The van der Waals surface area contributed by atoms with E-state index in [2.05, 4.69) is 10.6 Å². The zero-order valence-electron chi connectivity index (χ0n) is 16.2. The van der Waals surface area contributed by atoms with E-state index in [1.807, 2.05) is 63.2 Å². The van der Waals surface area contributed by atoms with Gasteiger partial charge in [0.25, 0.3) is 0 Å². The lowest BCUT2D eigenvalue weighted by Crippen LogP contribution is -2.40. The van der Waals surface area contributed by atoms with E-state index in [-0.39, 0.29) is 30.9 Å². The van der Waals surface area contributed by atoms with Crippen molar-refractivity contribution in [3.8, 4) is 0 Å². The van der Waals surface area contributed by atoms with Gasteiger partial charge in [-0.05, 0) is 49.6 Å². The van der Waals surface area contributed by atoms with Crippen LogP contribution in [0.1, 0.15) is 29.7 Å². The van der Waals surface area contributed by atoms with E-state index in [0.717, 1.165) is 22.4 Å². The van der Waals surface area contributed by atoms with Gasteiger partial charge >= 0.3 is 0 Å². The molecule has 0 saturated carbocycles. The van der Waals surface area contributed by atoms with E-state index in [9.17, 15) is 9.59 Å². The fraction of sp³-hybridized carbons (Fsp3) is 0.333. The lowest BCUT2D eigenvalue weighted by Gasteiger charge is -2.20. The van der Waals surface area contributed by atoms with Crippen LogP contribution in [0.5, 0.6) is 0 Å². The van der Waals surface area contributed by atoms with Crippen LogP contribution in [-0.4, -0.2) is 36.9 Å². The van der Waals surface area contributed by atoms with Gasteiger partial charge in [0.1, 0.15) is 0 Å². The number of hydrogen-bond donors (Lipinski definition) is 2. The molecule has 2 rings (SSSR count). The lowest BCUT2D eigenvalue weighted by atomic mass is 10.1. The van der Waals surface area contributed by atoms with Crippen molar-refractivity contribution < 1.29 is 9.59 Å². The van der Waals surface area contributed by atoms with Crippen molar-refractivity contribution in [3.63, 3.8) is 0 Å². The van der Waals surface area contributed by atoms with Crippen molar-refractivity contribution in [2.45, 2.75) is 26.8 Å². The lowest BCUT2D eigenvalue weighted by molar-refractivity contribution is -0.132. The minimum atomic E-state index is -0.214. The van der Waals surface area contributed by atoms with Crippen LogP contribution in [0.2, 0.25) is 5.02 Å². The number of nitrogens with one attached hydrogen (secondary N) is 2. The molecule has 0 saturated heterocycles. The Bertz CT molecular complexity index is 785. The fourth-order valence-corrected chi connectivity index (χ4v) is 2.86. The molecular weight excluding hydrogens is 362 g/mol. The van der Waals surface area contributed by atoms with Gasteiger partial charge in [-0.3, -0.25) is 9.59 Å². The Hall–Kier alpha value is -2.37. The maximum absolute atomic E-state index is 12.3. The Morgan fingerprint density at radius 2 is 1.67 bits per heavy atom. The Balaban J connectivity index is 1.84. The van der Waals surface area contributed by atoms with Gasteiger partial charge in [0.05, 0.1) is 13.1 Å². The van der Waals surface area contributed by atoms with Gasteiger partial charge < -0.3 is 15.5 Å². The number of carbonyl (C=O) groups is 2. The summed E-state index contributed by atoms with van der Waals surface area (Å²) in [5.74, 6) is -0.360. The van der Waals surface area contributed by atoms with Gasteiger partial charge in [-0.25, -0.2) is 0 Å². The predicted octanol–water partition coefficient (Wildman–Crippen LogP) is 3.70. The maximum Gasteiger partial charge on any atom is 0.243 e. The highest BCUT2D eigenvalue weighted by molar-refractivity contribution is 6.30. The predicted molar refractivity (Wildman–Crippen MR) is 110 cm³/mol. The largest absolute Gasteiger partial charge is 0.335 e. The topological polar surface area (TPSA) is 61.4 Å². The molecule has 2 amide bonds. The first-order valence-electron chi connectivity index (χ1n) is 8.87. The summed E-state index contributed by atoms with van der Waals surface area (Å²) in [6, 6.07) is 13.3. The van der Waals surface area contributed by atoms with Crippen LogP contribution in [0.3, 0.4) is 0 Å². The van der Waals surface area contributed by atoms with E-state index in [4.69, 9.17) is 11.6 Å². The summed E-state index contributed by atoms with van der Waals surface area (Å²) in [5.41, 5.74) is 3.84. The van der Waals surface area contributed by atoms with Gasteiger partial charge in [-0.1, -0.05) is 41.9 Å². The number of amides is 2. The molecule has 0 fully saturated rings. The molecule has 144 valence electrons. The van der Waals surface area contributed by atoms with Crippen LogP contribution in [0.4, 0.5) is 5.69 Å². The molecule has 0 aliphatic carbocycles. The van der Waals surface area contributed by atoms with E-state index in [1.54, 1.807) is 7.05 Å². The standard InChI is InChI=1S/C21H26ClN3O2/c1-14-6-5-7-15(2)21(14)24-19(26)13-25(4)20(27)12-23-16(3)17-8-10-18(22)11-9-17/h5-11,16,23H,12-13H2,1-4H3,(H,24,26)/t16-/m1/s1. The third-order valence-electron chi connectivity index (χ3n) is 4.48. The quantitative estimate of drug-likeness (QED) is 0.761. The molecule has 0 bridgehead atoms. The maximum atomic E-state index is 12.3. The number of hydrogen-bond acceptors (Lipinski definition) is 3. The van der Waals surface area contributed by atoms with E-state index in [1.165, 1.54) is 4.90 Å². The average Bonchev–Trinajstić information content (AvgIpc) is 2.63. The molecule has 0 radical (unpaired) electrons. The molecule has 27 heavy (non-hydrogen) atoms. The molecule has 0 aliphatic rings. The summed E-state index contributed by atoms with van der Waals surface area (Å²) in [5, 5.41) is 6.75. The number of nitrogens with zero attached hydrogens (tertiary/aromatic N) is 1. The number of halogens is 1. The SMILES string of the molecule is Cc1cccc(C)c1NC(=O)CN(C)C(=O)CN[C@H](C)c1ccc(Cl)cc1. The van der Waals surface area contributed by atoms with E-state index in [0.29, 0.717) is 5.02 Å². The summed E-state index contributed by atoms with van der Waals surface area (Å²) < 4.78 is 0. The van der Waals surface area contributed by atoms with Crippen LogP contribution in [0.15, 0.2) is 42.5 Å². The van der Waals surface area contributed by atoms with Crippen molar-refractivity contribution in [3.05, 3.63) is 64.2 Å². The molecule has 0 unspecified atom stereocenters. The smallest absolute Gasteiger partial charge is 0.243 e. The molecular formula is C21H26ClN3O2. The summed E-state index contributed by atoms with van der Waals surface area (Å²) in [4.78, 5) is 26.0. The Labute approximate surface area is 165 Å². The van der Waals surface area contributed by atoms with Crippen LogP contribution < -0.4 is 10.6 Å². The van der Waals surface area contributed by atoms with Crippen molar-refractivity contribution in [2.24, 2.45) is 0 Å². The fourth-order valence-electron chi connectivity index (χ4n) is 2.74. The highest BCUT2D eigenvalue weighted by Gasteiger charge is 2.15. The zero-order chi connectivity index (χ0) is 20.0. The highest BCUT2D eigenvalue weighted by Crippen LogP contribution is 2.19. The molecule has 5 nitrogen and oxygen atoms in total. The van der Waals surface area contributed by atoms with Gasteiger partial charge in [0, 0.05) is 23.8 Å². The molecule has 0 heterocycles. The minimum Gasteiger partial charge on any atom is -0.335 e. The second kappa shape index (κ2) is 9.53. The van der Waals surface area contributed by atoms with E-state index < -0.39 is 0 Å². The van der Waals surface area contributed by atoms with Crippen molar-refractivity contribution in [1.29, 1.82) is 0 Å². The molecule has 0 spiro atoms. The molecule has 2 aromatic carbocycles. The van der Waals surface area contributed by atoms with E-state index >= 15 is 0 Å². The van der Waals surface area contributed by atoms with Crippen molar-refractivity contribution in [1.82, 2.24) is 10.2 Å². The number of para-hydroxylation sites is 1. The molecule has 0 aliphatic heterocycles. The molecule has 6 heteroatoms. The van der Waals surface area contributed by atoms with Crippen molar-refractivity contribution >= 4 is 29.1 Å². The first-order chi connectivity index (χ1) is 12.8. The summed E-state index contributed by atoms with van der Waals surface area (Å²) in [6.07, 6.45) is 0. The molecule has 1 atom stereocenters. The second-order valence-corrected chi connectivity index (χ2v) is 7.16.